The minimum Gasteiger partial charge on any atom is -0.481 e. The van der Waals surface area contributed by atoms with Gasteiger partial charge in [0, 0.05) is 30.8 Å². The topological polar surface area (TPSA) is 142 Å². The first-order valence-corrected chi connectivity index (χ1v) is 15.4. The zero-order valence-corrected chi connectivity index (χ0v) is 24.0. The molecule has 0 N–H and O–H groups in total. The van der Waals surface area contributed by atoms with Crippen molar-refractivity contribution in [2.45, 2.75) is 31.3 Å². The normalized spacial score (nSPS) is 17.7. The van der Waals surface area contributed by atoms with Gasteiger partial charge in [-0.3, -0.25) is 4.79 Å². The molecule has 0 bridgehead atoms. The number of ether oxygens (including phenoxy) is 2. The number of rotatable bonds is 9. The standard InChI is InChI=1S/C25H26ClN5O7S2/c1-35-25-27-11-16(12-28-25)36-13-22(32)31-8-6-15(7-9-31)24-29-19(14-39-24)18-10-21(37-30-18)23-17(26)4-3-5-20(23)38-40(2,33)34/h3-5,11-12,14-15,21H,6-10,13H2,1-2H3. The first-order valence-electron chi connectivity index (χ1n) is 12.3. The van der Waals surface area contributed by atoms with Gasteiger partial charge in [-0.1, -0.05) is 22.8 Å². The highest BCUT2D eigenvalue weighted by molar-refractivity contribution is 7.86. The number of oxime groups is 1. The molecule has 212 valence electrons. The molecule has 0 aliphatic carbocycles. The van der Waals surface area contributed by atoms with Gasteiger partial charge in [-0.15, -0.1) is 11.3 Å². The van der Waals surface area contributed by atoms with Crippen molar-refractivity contribution >= 4 is 44.7 Å². The molecule has 3 aromatic rings. The molecular formula is C25H26ClN5O7S2. The lowest BCUT2D eigenvalue weighted by Crippen LogP contribution is -2.40. The molecule has 1 aromatic carbocycles. The Hall–Kier alpha value is -3.49. The fraction of sp³-hybridized carbons (Fsp3) is 0.400. The number of methoxy groups -OCH3 is 1. The van der Waals surface area contributed by atoms with Crippen LogP contribution in [0.25, 0.3) is 0 Å². The number of nitrogens with zero attached hydrogens (tertiary/aromatic N) is 5. The van der Waals surface area contributed by atoms with Crippen LogP contribution in [0.15, 0.2) is 41.1 Å². The van der Waals surface area contributed by atoms with Crippen molar-refractivity contribution in [3.05, 3.63) is 57.3 Å². The molecule has 1 atom stereocenters. The maximum Gasteiger partial charge on any atom is 0.316 e. The average molecular weight is 608 g/mol. The van der Waals surface area contributed by atoms with Gasteiger partial charge in [-0.2, -0.15) is 18.4 Å². The molecular weight excluding hydrogens is 582 g/mol. The van der Waals surface area contributed by atoms with E-state index in [4.69, 9.17) is 35.1 Å². The molecule has 2 aliphatic heterocycles. The van der Waals surface area contributed by atoms with E-state index in [1.54, 1.807) is 28.4 Å². The Morgan fingerprint density at radius 3 is 2.67 bits per heavy atom. The van der Waals surface area contributed by atoms with Crippen LogP contribution in [0.1, 0.15) is 47.5 Å². The Labute approximate surface area is 240 Å². The summed E-state index contributed by atoms with van der Waals surface area (Å²) in [5.41, 5.74) is 1.77. The van der Waals surface area contributed by atoms with Gasteiger partial charge in [0.15, 0.2) is 24.2 Å². The molecule has 2 aliphatic rings. The maximum atomic E-state index is 12.6. The lowest BCUT2D eigenvalue weighted by molar-refractivity contribution is -0.134. The number of benzene rings is 1. The number of amides is 1. The second-order valence-electron chi connectivity index (χ2n) is 9.20. The van der Waals surface area contributed by atoms with E-state index in [1.165, 1.54) is 25.6 Å². The monoisotopic (exact) mass is 607 g/mol. The van der Waals surface area contributed by atoms with Gasteiger partial charge in [0.2, 0.25) is 0 Å². The van der Waals surface area contributed by atoms with Crippen LogP contribution in [0.4, 0.5) is 0 Å². The number of likely N-dealkylation sites (tertiary alicyclic amines) is 1. The first-order chi connectivity index (χ1) is 19.2. The van der Waals surface area contributed by atoms with E-state index in [2.05, 4.69) is 15.1 Å². The third-order valence-electron chi connectivity index (χ3n) is 6.41. The summed E-state index contributed by atoms with van der Waals surface area (Å²) in [6.45, 7) is 1.11. The van der Waals surface area contributed by atoms with Crippen molar-refractivity contribution in [3.8, 4) is 17.5 Å². The number of halogens is 1. The molecule has 12 nitrogen and oxygen atoms in total. The van der Waals surface area contributed by atoms with Crippen LogP contribution in [0.2, 0.25) is 5.02 Å². The summed E-state index contributed by atoms with van der Waals surface area (Å²) in [6, 6.07) is 5.01. The summed E-state index contributed by atoms with van der Waals surface area (Å²) in [4.78, 5) is 32.8. The van der Waals surface area contributed by atoms with Crippen LogP contribution in [-0.2, 0) is 19.8 Å². The predicted octanol–water partition coefficient (Wildman–Crippen LogP) is 3.58. The molecule has 1 fully saturated rings. The van der Waals surface area contributed by atoms with Gasteiger partial charge in [0.05, 0.1) is 47.0 Å². The van der Waals surface area contributed by atoms with E-state index >= 15 is 0 Å². The van der Waals surface area contributed by atoms with Crippen molar-refractivity contribution in [1.82, 2.24) is 19.9 Å². The van der Waals surface area contributed by atoms with Gasteiger partial charge in [0.25, 0.3) is 5.91 Å². The van der Waals surface area contributed by atoms with Gasteiger partial charge in [0.1, 0.15) is 5.71 Å². The van der Waals surface area contributed by atoms with Crippen molar-refractivity contribution in [2.24, 2.45) is 5.16 Å². The average Bonchev–Trinajstić information content (AvgIpc) is 3.62. The third-order valence-corrected chi connectivity index (χ3v) is 8.23. The fourth-order valence-electron chi connectivity index (χ4n) is 4.45. The molecule has 1 saturated heterocycles. The van der Waals surface area contributed by atoms with Gasteiger partial charge in [-0.05, 0) is 25.0 Å². The van der Waals surface area contributed by atoms with Crippen molar-refractivity contribution < 1.29 is 31.7 Å². The van der Waals surface area contributed by atoms with Crippen molar-refractivity contribution in [1.29, 1.82) is 0 Å². The number of carbonyl (C=O) groups excluding carboxylic acids is 1. The highest BCUT2D eigenvalue weighted by Gasteiger charge is 2.32. The van der Waals surface area contributed by atoms with Gasteiger partial charge < -0.3 is 23.4 Å². The number of carbonyl (C=O) groups is 1. The van der Waals surface area contributed by atoms with E-state index < -0.39 is 16.2 Å². The molecule has 0 spiro atoms. The quantitative estimate of drug-likeness (QED) is 0.331. The molecule has 5 rings (SSSR count). The fourth-order valence-corrected chi connectivity index (χ4v) is 6.21. The number of hydrogen-bond donors (Lipinski definition) is 0. The number of aromatic nitrogens is 3. The summed E-state index contributed by atoms with van der Waals surface area (Å²) in [7, 11) is -2.28. The molecule has 4 heterocycles. The van der Waals surface area contributed by atoms with Crippen molar-refractivity contribution in [2.75, 3.05) is 33.1 Å². The highest BCUT2D eigenvalue weighted by Crippen LogP contribution is 2.40. The van der Waals surface area contributed by atoms with Crippen LogP contribution in [0, 0.1) is 0 Å². The number of piperidine rings is 1. The van der Waals surface area contributed by atoms with Crippen LogP contribution in [0.5, 0.6) is 17.5 Å². The van der Waals surface area contributed by atoms with Crippen molar-refractivity contribution in [3.63, 3.8) is 0 Å². The maximum absolute atomic E-state index is 12.6. The molecule has 0 saturated carbocycles. The largest absolute Gasteiger partial charge is 0.481 e. The van der Waals surface area contributed by atoms with Crippen LogP contribution in [0.3, 0.4) is 0 Å². The van der Waals surface area contributed by atoms with E-state index in [-0.39, 0.29) is 30.2 Å². The third kappa shape index (κ3) is 6.62. The van der Waals surface area contributed by atoms with E-state index in [0.29, 0.717) is 47.3 Å². The number of hydrogen-bond acceptors (Lipinski definition) is 12. The second-order valence-corrected chi connectivity index (χ2v) is 12.1. The molecule has 0 radical (unpaired) electrons. The predicted molar refractivity (Wildman–Crippen MR) is 147 cm³/mol. The summed E-state index contributed by atoms with van der Waals surface area (Å²) in [6.07, 6.45) is 5.21. The second kappa shape index (κ2) is 11.9. The molecule has 15 heteroatoms. The summed E-state index contributed by atoms with van der Waals surface area (Å²) < 4.78 is 39.0. The van der Waals surface area contributed by atoms with E-state index in [9.17, 15) is 13.2 Å². The summed E-state index contributed by atoms with van der Waals surface area (Å²) >= 11 is 7.91. The lowest BCUT2D eigenvalue weighted by atomic mass is 9.97. The Bertz CT molecular complexity index is 1510. The Balaban J connectivity index is 1.15. The minimum atomic E-state index is -3.75. The molecule has 2 aromatic heterocycles. The molecule has 1 unspecified atom stereocenters. The van der Waals surface area contributed by atoms with Gasteiger partial charge in [-0.25, -0.2) is 4.98 Å². The zero-order valence-electron chi connectivity index (χ0n) is 21.6. The smallest absolute Gasteiger partial charge is 0.316 e. The van der Waals surface area contributed by atoms with Crippen LogP contribution >= 0.6 is 22.9 Å². The molecule has 40 heavy (non-hydrogen) atoms. The molecule has 1 amide bonds. The zero-order chi connectivity index (χ0) is 28.3. The summed E-state index contributed by atoms with van der Waals surface area (Å²) in [5, 5.41) is 7.43. The van der Waals surface area contributed by atoms with E-state index in [1.807, 2.05) is 5.38 Å². The Morgan fingerprint density at radius 1 is 1.23 bits per heavy atom. The minimum absolute atomic E-state index is 0.0921. The van der Waals surface area contributed by atoms with Crippen LogP contribution < -0.4 is 13.7 Å². The Morgan fingerprint density at radius 2 is 1.98 bits per heavy atom. The number of thiazole rings is 1. The lowest BCUT2D eigenvalue weighted by Gasteiger charge is -2.31. The van der Waals surface area contributed by atoms with E-state index in [0.717, 1.165) is 24.1 Å². The first kappa shape index (κ1) is 28.1. The SMILES string of the molecule is COc1ncc(OCC(=O)N2CCC(c3nc(C4=NOC(c5c(Cl)cccc5OS(C)(=O)=O)C4)cs3)CC2)cn1. The van der Waals surface area contributed by atoms with Crippen LogP contribution in [-0.4, -0.2) is 73.0 Å². The Kier molecular flexibility index (Phi) is 8.38. The highest BCUT2D eigenvalue weighted by atomic mass is 35.5. The van der Waals surface area contributed by atoms with Gasteiger partial charge >= 0.3 is 16.1 Å². The summed E-state index contributed by atoms with van der Waals surface area (Å²) in [5.74, 6) is 0.626.